The molecule has 2 rings (SSSR count). The quantitative estimate of drug-likeness (QED) is 0.883. The molecule has 5 heteroatoms. The summed E-state index contributed by atoms with van der Waals surface area (Å²) in [5, 5.41) is 3.19. The number of hydrogen-bond donors (Lipinski definition) is 1. The first-order chi connectivity index (χ1) is 10.1. The first kappa shape index (κ1) is 15.1. The number of carbonyl (C=O) groups is 2. The third-order valence-corrected chi connectivity index (χ3v) is 3.28. The van der Waals surface area contributed by atoms with Crippen LogP contribution in [0.3, 0.4) is 0 Å². The molecule has 0 aliphatic rings. The number of methoxy groups -OCH3 is 1. The van der Waals surface area contributed by atoms with Gasteiger partial charge in [-0.05, 0) is 29.8 Å². The number of carbonyl (C=O) groups excluding carboxylic acids is 2. The molecule has 0 fully saturated rings. The summed E-state index contributed by atoms with van der Waals surface area (Å²) >= 11 is 5.96. The summed E-state index contributed by atoms with van der Waals surface area (Å²) in [6, 6.07) is 13.7. The predicted molar refractivity (Wildman–Crippen MR) is 80.4 cm³/mol. The Labute approximate surface area is 127 Å². The molecule has 0 saturated heterocycles. The van der Waals surface area contributed by atoms with E-state index >= 15 is 0 Å². The number of benzene rings is 2. The molecule has 0 heterocycles. The lowest BCUT2D eigenvalue weighted by atomic mass is 10.1. The van der Waals surface area contributed by atoms with Crippen molar-refractivity contribution in [1.29, 1.82) is 0 Å². The molecular weight excluding hydrogens is 290 g/mol. The highest BCUT2D eigenvalue weighted by Crippen LogP contribution is 2.14. The average molecular weight is 304 g/mol. The van der Waals surface area contributed by atoms with E-state index in [1.54, 1.807) is 48.5 Å². The molecule has 2 aromatic carbocycles. The fraction of sp³-hybridized carbons (Fsp3) is 0.125. The van der Waals surface area contributed by atoms with Gasteiger partial charge < -0.3 is 10.1 Å². The van der Waals surface area contributed by atoms with E-state index in [2.05, 4.69) is 10.1 Å². The lowest BCUT2D eigenvalue weighted by molar-refractivity contribution is 0.0600. The molecule has 0 bridgehead atoms. The molecular formula is C16H14ClNO3. The van der Waals surface area contributed by atoms with Crippen molar-refractivity contribution in [3.8, 4) is 0 Å². The Morgan fingerprint density at radius 2 is 1.76 bits per heavy atom. The Bertz CT molecular complexity index is 653. The highest BCUT2D eigenvalue weighted by molar-refractivity contribution is 6.33. The third kappa shape index (κ3) is 3.83. The molecule has 0 aromatic heterocycles. The van der Waals surface area contributed by atoms with Crippen LogP contribution in [0.25, 0.3) is 0 Å². The summed E-state index contributed by atoms with van der Waals surface area (Å²) in [4.78, 5) is 23.3. The summed E-state index contributed by atoms with van der Waals surface area (Å²) in [6.45, 7) is 0.353. The van der Waals surface area contributed by atoms with E-state index in [9.17, 15) is 9.59 Å². The van der Waals surface area contributed by atoms with Crippen molar-refractivity contribution in [2.75, 3.05) is 7.11 Å². The third-order valence-electron chi connectivity index (χ3n) is 2.95. The summed E-state index contributed by atoms with van der Waals surface area (Å²) in [6.07, 6.45) is 0. The van der Waals surface area contributed by atoms with Gasteiger partial charge in [-0.25, -0.2) is 4.79 Å². The molecule has 0 saturated carbocycles. The molecule has 1 N–H and O–H groups in total. The van der Waals surface area contributed by atoms with Gasteiger partial charge in [-0.2, -0.15) is 0 Å². The van der Waals surface area contributed by atoms with Crippen molar-refractivity contribution < 1.29 is 14.3 Å². The smallest absolute Gasteiger partial charge is 0.337 e. The Kier molecular flexibility index (Phi) is 4.95. The summed E-state index contributed by atoms with van der Waals surface area (Å²) < 4.78 is 4.62. The SMILES string of the molecule is COC(=O)c1ccc(CNC(=O)c2ccccc2Cl)cc1. The van der Waals surface area contributed by atoms with E-state index in [-0.39, 0.29) is 11.9 Å². The van der Waals surface area contributed by atoms with E-state index in [4.69, 9.17) is 11.6 Å². The summed E-state index contributed by atoms with van der Waals surface area (Å²) in [5.41, 5.74) is 1.78. The van der Waals surface area contributed by atoms with Crippen LogP contribution in [0, 0.1) is 0 Å². The monoisotopic (exact) mass is 303 g/mol. The normalized spacial score (nSPS) is 10.0. The minimum Gasteiger partial charge on any atom is -0.465 e. The number of rotatable bonds is 4. The van der Waals surface area contributed by atoms with Crippen molar-refractivity contribution in [3.05, 3.63) is 70.2 Å². The number of ether oxygens (including phenoxy) is 1. The lowest BCUT2D eigenvalue weighted by Gasteiger charge is -2.07. The molecule has 1 amide bonds. The summed E-state index contributed by atoms with van der Waals surface area (Å²) in [5.74, 6) is -0.626. The number of amides is 1. The zero-order valence-corrected chi connectivity index (χ0v) is 12.2. The Balaban J connectivity index is 1.99. The van der Waals surface area contributed by atoms with Crippen LogP contribution in [-0.2, 0) is 11.3 Å². The van der Waals surface area contributed by atoms with Crippen molar-refractivity contribution in [1.82, 2.24) is 5.32 Å². The molecule has 0 aliphatic heterocycles. The van der Waals surface area contributed by atoms with Gasteiger partial charge in [0.1, 0.15) is 0 Å². The fourth-order valence-corrected chi connectivity index (χ4v) is 2.02. The maximum atomic E-state index is 12.0. The van der Waals surface area contributed by atoms with Gasteiger partial charge >= 0.3 is 5.97 Å². The van der Waals surface area contributed by atoms with Crippen LogP contribution in [0.5, 0.6) is 0 Å². The zero-order chi connectivity index (χ0) is 15.2. The topological polar surface area (TPSA) is 55.4 Å². The van der Waals surface area contributed by atoms with E-state index in [0.717, 1.165) is 5.56 Å². The Morgan fingerprint density at radius 3 is 2.38 bits per heavy atom. The van der Waals surface area contributed by atoms with Gasteiger partial charge in [-0.15, -0.1) is 0 Å². The van der Waals surface area contributed by atoms with Crippen LogP contribution in [0.15, 0.2) is 48.5 Å². The van der Waals surface area contributed by atoms with Gasteiger partial charge in [0.05, 0.1) is 23.3 Å². The second-order valence-electron chi connectivity index (χ2n) is 4.35. The number of nitrogens with one attached hydrogen (secondary N) is 1. The second kappa shape index (κ2) is 6.90. The van der Waals surface area contributed by atoms with Gasteiger partial charge in [0, 0.05) is 6.54 Å². The fourth-order valence-electron chi connectivity index (χ4n) is 1.80. The van der Waals surface area contributed by atoms with Crippen molar-refractivity contribution in [3.63, 3.8) is 0 Å². The predicted octanol–water partition coefficient (Wildman–Crippen LogP) is 3.06. The number of esters is 1. The van der Waals surface area contributed by atoms with Crippen LogP contribution in [0.4, 0.5) is 0 Å². The van der Waals surface area contributed by atoms with E-state index in [1.165, 1.54) is 7.11 Å². The molecule has 21 heavy (non-hydrogen) atoms. The van der Waals surface area contributed by atoms with E-state index in [1.807, 2.05) is 0 Å². The van der Waals surface area contributed by atoms with Crippen molar-refractivity contribution in [2.24, 2.45) is 0 Å². The number of halogens is 1. The minimum atomic E-state index is -0.387. The molecule has 0 aliphatic carbocycles. The maximum Gasteiger partial charge on any atom is 0.337 e. The van der Waals surface area contributed by atoms with Gasteiger partial charge in [0.15, 0.2) is 0 Å². The standard InChI is InChI=1S/C16H14ClNO3/c1-21-16(20)12-8-6-11(7-9-12)10-18-15(19)13-4-2-3-5-14(13)17/h2-9H,10H2,1H3,(H,18,19). The maximum absolute atomic E-state index is 12.0. The molecule has 108 valence electrons. The van der Waals surface area contributed by atoms with Crippen LogP contribution < -0.4 is 5.32 Å². The van der Waals surface area contributed by atoms with Gasteiger partial charge in [0.2, 0.25) is 0 Å². The van der Waals surface area contributed by atoms with Crippen molar-refractivity contribution >= 4 is 23.5 Å². The van der Waals surface area contributed by atoms with Crippen LogP contribution >= 0.6 is 11.6 Å². The van der Waals surface area contributed by atoms with Crippen LogP contribution in [0.2, 0.25) is 5.02 Å². The highest BCUT2D eigenvalue weighted by Gasteiger charge is 2.09. The molecule has 0 spiro atoms. The average Bonchev–Trinajstić information content (AvgIpc) is 2.52. The van der Waals surface area contributed by atoms with Crippen LogP contribution in [0.1, 0.15) is 26.3 Å². The zero-order valence-electron chi connectivity index (χ0n) is 11.4. The largest absolute Gasteiger partial charge is 0.465 e. The first-order valence-electron chi connectivity index (χ1n) is 6.32. The minimum absolute atomic E-state index is 0.238. The lowest BCUT2D eigenvalue weighted by Crippen LogP contribution is -2.23. The molecule has 0 atom stereocenters. The van der Waals surface area contributed by atoms with Gasteiger partial charge in [-0.3, -0.25) is 4.79 Å². The van der Waals surface area contributed by atoms with E-state index in [0.29, 0.717) is 22.7 Å². The summed E-state index contributed by atoms with van der Waals surface area (Å²) in [7, 11) is 1.33. The van der Waals surface area contributed by atoms with Gasteiger partial charge in [0.25, 0.3) is 5.91 Å². The van der Waals surface area contributed by atoms with Crippen molar-refractivity contribution in [2.45, 2.75) is 6.54 Å². The first-order valence-corrected chi connectivity index (χ1v) is 6.69. The highest BCUT2D eigenvalue weighted by atomic mass is 35.5. The molecule has 2 aromatic rings. The Hall–Kier alpha value is -2.33. The number of hydrogen-bond acceptors (Lipinski definition) is 3. The molecule has 0 radical (unpaired) electrons. The van der Waals surface area contributed by atoms with E-state index < -0.39 is 0 Å². The Morgan fingerprint density at radius 1 is 1.10 bits per heavy atom. The molecule has 0 unspecified atom stereocenters. The second-order valence-corrected chi connectivity index (χ2v) is 4.76. The molecule has 4 nitrogen and oxygen atoms in total. The van der Waals surface area contributed by atoms with Gasteiger partial charge in [-0.1, -0.05) is 35.9 Å². The van der Waals surface area contributed by atoms with Crippen LogP contribution in [-0.4, -0.2) is 19.0 Å².